The van der Waals surface area contributed by atoms with Crippen LogP contribution >= 0.6 is 0 Å². The lowest BCUT2D eigenvalue weighted by Gasteiger charge is -2.08. The van der Waals surface area contributed by atoms with E-state index in [1.165, 1.54) is 0 Å². The zero-order valence-electron chi connectivity index (χ0n) is 11.6. The molecule has 0 amide bonds. The summed E-state index contributed by atoms with van der Waals surface area (Å²) in [4.78, 5) is 16.2. The second-order valence-electron chi connectivity index (χ2n) is 4.51. The molecule has 0 bridgehead atoms. The van der Waals surface area contributed by atoms with Crippen molar-refractivity contribution in [3.63, 3.8) is 0 Å². The summed E-state index contributed by atoms with van der Waals surface area (Å²) in [5.41, 5.74) is 2.07. The molecule has 0 aliphatic rings. The molecular formula is C13H19N5O. The Morgan fingerprint density at radius 1 is 1.42 bits per heavy atom. The fourth-order valence-electron chi connectivity index (χ4n) is 1.88. The van der Waals surface area contributed by atoms with E-state index in [0.29, 0.717) is 18.9 Å². The Morgan fingerprint density at radius 3 is 2.84 bits per heavy atom. The number of nitrogens with zero attached hydrogens (tertiary/aromatic N) is 4. The van der Waals surface area contributed by atoms with Crippen molar-refractivity contribution in [2.24, 2.45) is 7.05 Å². The van der Waals surface area contributed by atoms with Crippen LogP contribution in [0.25, 0.3) is 0 Å². The quantitative estimate of drug-likeness (QED) is 0.881. The predicted octanol–water partition coefficient (Wildman–Crippen LogP) is 1.31. The summed E-state index contributed by atoms with van der Waals surface area (Å²) in [5.74, 6) is 0.388. The number of aryl methyl sites for hydroxylation is 2. The molecule has 0 spiro atoms. The third-order valence-corrected chi connectivity index (χ3v) is 3.16. The van der Waals surface area contributed by atoms with Crippen LogP contribution in [0.3, 0.4) is 0 Å². The molecule has 0 aliphatic heterocycles. The Bertz CT molecular complexity index is 614. The lowest BCUT2D eigenvalue weighted by atomic mass is 10.2. The number of anilines is 1. The van der Waals surface area contributed by atoms with Crippen LogP contribution in [-0.4, -0.2) is 19.3 Å². The maximum Gasteiger partial charge on any atom is 0.293 e. The molecule has 0 fully saturated rings. The minimum Gasteiger partial charge on any atom is -0.361 e. The molecule has 2 aromatic heterocycles. The van der Waals surface area contributed by atoms with Gasteiger partial charge in [-0.15, -0.1) is 0 Å². The average Bonchev–Trinajstić information content (AvgIpc) is 2.71. The Labute approximate surface area is 112 Å². The fraction of sp³-hybridized carbons (Fsp3) is 0.462. The molecule has 0 radical (unpaired) electrons. The van der Waals surface area contributed by atoms with Gasteiger partial charge in [-0.25, -0.2) is 4.98 Å². The minimum absolute atomic E-state index is 0.0779. The lowest BCUT2D eigenvalue weighted by Crippen LogP contribution is -2.24. The summed E-state index contributed by atoms with van der Waals surface area (Å²) in [6, 6.07) is 0. The van der Waals surface area contributed by atoms with Gasteiger partial charge >= 0.3 is 0 Å². The van der Waals surface area contributed by atoms with Gasteiger partial charge in [0.05, 0.1) is 6.20 Å². The van der Waals surface area contributed by atoms with E-state index >= 15 is 0 Å². The van der Waals surface area contributed by atoms with Gasteiger partial charge in [0.25, 0.3) is 5.56 Å². The molecule has 0 atom stereocenters. The van der Waals surface area contributed by atoms with Crippen molar-refractivity contribution < 1.29 is 0 Å². The van der Waals surface area contributed by atoms with E-state index < -0.39 is 0 Å². The van der Waals surface area contributed by atoms with E-state index in [1.54, 1.807) is 23.2 Å². The molecule has 0 saturated heterocycles. The lowest BCUT2D eigenvalue weighted by molar-refractivity contribution is 0.649. The Morgan fingerprint density at radius 2 is 2.21 bits per heavy atom. The third-order valence-electron chi connectivity index (χ3n) is 3.16. The first-order valence-corrected chi connectivity index (χ1v) is 6.40. The first-order chi connectivity index (χ1) is 9.13. The maximum absolute atomic E-state index is 12.1. The molecule has 0 aliphatic carbocycles. The van der Waals surface area contributed by atoms with Gasteiger partial charge in [-0.2, -0.15) is 5.10 Å². The summed E-state index contributed by atoms with van der Waals surface area (Å²) >= 11 is 0. The van der Waals surface area contributed by atoms with E-state index in [0.717, 1.165) is 17.7 Å². The van der Waals surface area contributed by atoms with Gasteiger partial charge in [-0.1, -0.05) is 6.92 Å². The van der Waals surface area contributed by atoms with Crippen LogP contribution in [0.4, 0.5) is 5.82 Å². The van der Waals surface area contributed by atoms with Crippen molar-refractivity contribution in [3.8, 4) is 0 Å². The van der Waals surface area contributed by atoms with E-state index in [1.807, 2.05) is 25.6 Å². The first-order valence-electron chi connectivity index (χ1n) is 6.40. The summed E-state index contributed by atoms with van der Waals surface area (Å²) in [6.07, 6.45) is 6.09. The van der Waals surface area contributed by atoms with Crippen molar-refractivity contribution in [2.75, 3.05) is 5.32 Å². The Hall–Kier alpha value is -2.11. The van der Waals surface area contributed by atoms with Gasteiger partial charge in [0.15, 0.2) is 5.82 Å². The van der Waals surface area contributed by atoms with Gasteiger partial charge in [-0.3, -0.25) is 9.48 Å². The Kier molecular flexibility index (Phi) is 3.99. The van der Waals surface area contributed by atoms with Crippen LogP contribution < -0.4 is 10.9 Å². The molecule has 0 aromatic carbocycles. The van der Waals surface area contributed by atoms with Crippen LogP contribution in [-0.2, 0) is 20.1 Å². The number of hydrogen-bond donors (Lipinski definition) is 1. The first kappa shape index (κ1) is 13.3. The highest BCUT2D eigenvalue weighted by atomic mass is 16.1. The highest BCUT2D eigenvalue weighted by Gasteiger charge is 2.07. The highest BCUT2D eigenvalue weighted by Crippen LogP contribution is 2.07. The number of rotatable bonds is 5. The number of hydrogen-bond acceptors (Lipinski definition) is 4. The molecule has 102 valence electrons. The predicted molar refractivity (Wildman–Crippen MR) is 74.1 cm³/mol. The van der Waals surface area contributed by atoms with Gasteiger partial charge in [0.1, 0.15) is 0 Å². The second kappa shape index (κ2) is 5.69. The van der Waals surface area contributed by atoms with Crippen molar-refractivity contribution in [1.29, 1.82) is 0 Å². The van der Waals surface area contributed by atoms with Gasteiger partial charge < -0.3 is 9.88 Å². The maximum atomic E-state index is 12.1. The zero-order chi connectivity index (χ0) is 13.8. The van der Waals surface area contributed by atoms with Gasteiger partial charge in [0.2, 0.25) is 0 Å². The standard InChI is InChI=1S/C13H19N5O/c1-4-6-18-7-5-14-12(13(18)19)15-8-11-9-16-17(3)10(11)2/h5,7,9H,4,6,8H2,1-3H3,(H,14,15). The van der Waals surface area contributed by atoms with E-state index in [2.05, 4.69) is 15.4 Å². The molecule has 2 aromatic rings. The van der Waals surface area contributed by atoms with Crippen molar-refractivity contribution >= 4 is 5.82 Å². The van der Waals surface area contributed by atoms with Crippen LogP contribution in [0, 0.1) is 6.92 Å². The molecule has 2 heterocycles. The fourth-order valence-corrected chi connectivity index (χ4v) is 1.88. The van der Waals surface area contributed by atoms with Crippen molar-refractivity contribution in [3.05, 3.63) is 40.2 Å². The second-order valence-corrected chi connectivity index (χ2v) is 4.51. The topological polar surface area (TPSA) is 64.7 Å². The highest BCUT2D eigenvalue weighted by molar-refractivity contribution is 5.33. The monoisotopic (exact) mass is 261 g/mol. The van der Waals surface area contributed by atoms with Crippen molar-refractivity contribution in [1.82, 2.24) is 19.3 Å². The Balaban J connectivity index is 2.14. The molecule has 19 heavy (non-hydrogen) atoms. The van der Waals surface area contributed by atoms with Crippen LogP contribution in [0.1, 0.15) is 24.6 Å². The molecule has 6 heteroatoms. The third kappa shape index (κ3) is 2.83. The van der Waals surface area contributed by atoms with Gasteiger partial charge in [-0.05, 0) is 13.3 Å². The smallest absolute Gasteiger partial charge is 0.293 e. The van der Waals surface area contributed by atoms with Gasteiger partial charge in [0, 0.05) is 43.8 Å². The molecule has 2 rings (SSSR count). The molecule has 0 unspecified atom stereocenters. The van der Waals surface area contributed by atoms with E-state index in [4.69, 9.17) is 0 Å². The van der Waals surface area contributed by atoms with E-state index in [-0.39, 0.29) is 5.56 Å². The summed E-state index contributed by atoms with van der Waals surface area (Å²) in [6.45, 7) is 5.30. The molecule has 1 N–H and O–H groups in total. The summed E-state index contributed by atoms with van der Waals surface area (Å²) in [7, 11) is 1.90. The molecular weight excluding hydrogens is 242 g/mol. The summed E-state index contributed by atoms with van der Waals surface area (Å²) in [5, 5.41) is 7.26. The summed E-state index contributed by atoms with van der Waals surface area (Å²) < 4.78 is 3.48. The zero-order valence-corrected chi connectivity index (χ0v) is 11.6. The van der Waals surface area contributed by atoms with E-state index in [9.17, 15) is 4.79 Å². The number of nitrogens with one attached hydrogen (secondary N) is 1. The molecule has 6 nitrogen and oxygen atoms in total. The minimum atomic E-state index is -0.0779. The van der Waals surface area contributed by atoms with Crippen LogP contribution in [0.5, 0.6) is 0 Å². The molecule has 0 saturated carbocycles. The normalized spacial score (nSPS) is 10.7. The number of aromatic nitrogens is 4. The largest absolute Gasteiger partial charge is 0.361 e. The average molecular weight is 261 g/mol. The van der Waals surface area contributed by atoms with Crippen LogP contribution in [0.15, 0.2) is 23.4 Å². The SMILES string of the molecule is CCCn1ccnc(NCc2cnn(C)c2C)c1=O. The van der Waals surface area contributed by atoms with Crippen LogP contribution in [0.2, 0.25) is 0 Å². The van der Waals surface area contributed by atoms with Crippen molar-refractivity contribution in [2.45, 2.75) is 33.4 Å².